The molecule has 1 atom stereocenters. The molecule has 0 aromatic heterocycles. The van der Waals surface area contributed by atoms with Crippen LogP contribution in [0.15, 0.2) is 97.1 Å². The van der Waals surface area contributed by atoms with Crippen molar-refractivity contribution in [3.63, 3.8) is 0 Å². The Balaban J connectivity index is 1.89. The van der Waals surface area contributed by atoms with E-state index < -0.39 is 7.14 Å². The summed E-state index contributed by atoms with van der Waals surface area (Å²) in [6.45, 7) is 0. The van der Waals surface area contributed by atoms with E-state index in [-0.39, 0.29) is 0 Å². The van der Waals surface area contributed by atoms with Crippen molar-refractivity contribution in [2.75, 3.05) is 7.11 Å². The summed E-state index contributed by atoms with van der Waals surface area (Å²) in [6.07, 6.45) is 0. The van der Waals surface area contributed by atoms with Crippen LogP contribution in [0.5, 0.6) is 5.75 Å². The molecule has 1 aliphatic rings. The molecule has 0 saturated heterocycles. The number of rotatable bonds is 2. The lowest BCUT2D eigenvalue weighted by molar-refractivity contribution is 0.415. The average Bonchev–Trinajstić information content (AvgIpc) is 3.10. The first-order valence-corrected chi connectivity index (χ1v) is 11.7. The van der Waals surface area contributed by atoms with Crippen LogP contribution in [0.3, 0.4) is 0 Å². The number of hydrogen-bond donors (Lipinski definition) is 0. The molecule has 0 bridgehead atoms. The minimum atomic E-state index is -3.00. The standard InChI is InChI=1S/C27H19O2P/c1-29-18-15-16-21-24(17-18)20-11-5-6-12-22(20)27-26(21)23-13-7-8-14-25(23)30(27,28)19-9-3-2-4-10-19/h2-17H,1H3. The fourth-order valence-electron chi connectivity index (χ4n) is 4.86. The maximum atomic E-state index is 15.0. The van der Waals surface area contributed by atoms with Gasteiger partial charge >= 0.3 is 0 Å². The predicted molar refractivity (Wildman–Crippen MR) is 126 cm³/mol. The van der Waals surface area contributed by atoms with Crippen LogP contribution in [-0.2, 0) is 4.57 Å². The molecule has 0 spiro atoms. The Hall–Kier alpha value is -3.35. The van der Waals surface area contributed by atoms with E-state index in [1.165, 1.54) is 0 Å². The zero-order valence-corrected chi connectivity index (χ0v) is 17.4. The topological polar surface area (TPSA) is 26.3 Å². The zero-order valence-electron chi connectivity index (χ0n) is 16.5. The number of fused-ring (bicyclic) bond motifs is 8. The lowest BCUT2D eigenvalue weighted by atomic mass is 9.93. The summed E-state index contributed by atoms with van der Waals surface area (Å²) in [5.74, 6) is 0.824. The van der Waals surface area contributed by atoms with Crippen LogP contribution < -0.4 is 20.7 Å². The highest BCUT2D eigenvalue weighted by molar-refractivity contribution is 7.87. The highest BCUT2D eigenvalue weighted by Gasteiger charge is 2.42. The van der Waals surface area contributed by atoms with E-state index in [0.717, 1.165) is 54.3 Å². The Bertz CT molecular complexity index is 1500. The van der Waals surface area contributed by atoms with Gasteiger partial charge in [-0.3, -0.25) is 0 Å². The highest BCUT2D eigenvalue weighted by Crippen LogP contribution is 2.56. The first kappa shape index (κ1) is 17.5. The van der Waals surface area contributed by atoms with E-state index in [0.29, 0.717) is 0 Å². The summed E-state index contributed by atoms with van der Waals surface area (Å²) in [5, 5.41) is 7.17. The molecule has 1 aliphatic heterocycles. The van der Waals surface area contributed by atoms with Gasteiger partial charge in [0.05, 0.1) is 7.11 Å². The maximum Gasteiger partial charge on any atom is 0.172 e. The normalized spacial score (nSPS) is 17.1. The molecule has 0 amide bonds. The van der Waals surface area contributed by atoms with Crippen LogP contribution in [0, 0.1) is 0 Å². The molecule has 6 rings (SSSR count). The molecule has 3 heteroatoms. The second-order valence-electron chi connectivity index (χ2n) is 7.64. The number of methoxy groups -OCH3 is 1. The fraction of sp³-hybridized carbons (Fsp3) is 0.0370. The van der Waals surface area contributed by atoms with Gasteiger partial charge in [0.25, 0.3) is 0 Å². The van der Waals surface area contributed by atoms with Crippen LogP contribution in [0.4, 0.5) is 0 Å². The minimum absolute atomic E-state index is 0.824. The van der Waals surface area contributed by atoms with Crippen LogP contribution in [-0.4, -0.2) is 7.11 Å². The summed E-state index contributed by atoms with van der Waals surface area (Å²) in [6, 6.07) is 32.6. The summed E-state index contributed by atoms with van der Waals surface area (Å²) in [4.78, 5) is 0. The number of ether oxygens (including phenoxy) is 1. The molecule has 5 aromatic rings. The Labute approximate surface area is 175 Å². The molecule has 0 aliphatic carbocycles. The molecule has 5 aromatic carbocycles. The van der Waals surface area contributed by atoms with Gasteiger partial charge in [0, 0.05) is 21.5 Å². The fourth-order valence-corrected chi connectivity index (χ4v) is 8.14. The summed E-state index contributed by atoms with van der Waals surface area (Å²) in [5.41, 5.74) is 2.16. The Morgan fingerprint density at radius 3 is 2.17 bits per heavy atom. The van der Waals surface area contributed by atoms with Crippen molar-refractivity contribution in [1.82, 2.24) is 0 Å². The molecule has 0 fully saturated rings. The van der Waals surface area contributed by atoms with E-state index in [1.54, 1.807) is 7.11 Å². The van der Waals surface area contributed by atoms with Crippen LogP contribution >= 0.6 is 7.14 Å². The van der Waals surface area contributed by atoms with Crippen molar-refractivity contribution in [3.8, 4) is 16.9 Å². The van der Waals surface area contributed by atoms with Gasteiger partial charge in [0.15, 0.2) is 7.14 Å². The van der Waals surface area contributed by atoms with E-state index >= 15 is 4.57 Å². The van der Waals surface area contributed by atoms with Crippen LogP contribution in [0.1, 0.15) is 0 Å². The van der Waals surface area contributed by atoms with E-state index in [9.17, 15) is 0 Å². The smallest absolute Gasteiger partial charge is 0.172 e. The monoisotopic (exact) mass is 406 g/mol. The molecule has 1 unspecified atom stereocenters. The lowest BCUT2D eigenvalue weighted by Gasteiger charge is -2.19. The number of hydrogen-bond acceptors (Lipinski definition) is 2. The summed E-state index contributed by atoms with van der Waals surface area (Å²) in [7, 11) is -1.31. The molecule has 0 radical (unpaired) electrons. The van der Waals surface area contributed by atoms with Gasteiger partial charge in [-0.2, -0.15) is 0 Å². The van der Waals surface area contributed by atoms with Gasteiger partial charge in [-0.05, 0) is 39.2 Å². The van der Waals surface area contributed by atoms with E-state index in [1.807, 2.05) is 66.7 Å². The Morgan fingerprint density at radius 1 is 0.667 bits per heavy atom. The van der Waals surface area contributed by atoms with Crippen molar-refractivity contribution >= 4 is 44.6 Å². The third-order valence-corrected chi connectivity index (χ3v) is 9.34. The molecule has 0 saturated carbocycles. The SMILES string of the molecule is COc1ccc2c3c(c4ccccc4c2c1)P(=O)(c1ccccc1)c1ccccc1-3. The molecule has 2 nitrogen and oxygen atoms in total. The van der Waals surface area contributed by atoms with Crippen molar-refractivity contribution in [2.24, 2.45) is 0 Å². The summed E-state index contributed by atoms with van der Waals surface area (Å²) >= 11 is 0. The first-order chi connectivity index (χ1) is 14.7. The van der Waals surface area contributed by atoms with Crippen molar-refractivity contribution in [3.05, 3.63) is 97.1 Å². The second kappa shape index (κ2) is 6.32. The molecule has 30 heavy (non-hydrogen) atoms. The third kappa shape index (κ3) is 2.17. The van der Waals surface area contributed by atoms with Gasteiger partial charge in [0.1, 0.15) is 5.75 Å². The van der Waals surface area contributed by atoms with Gasteiger partial charge in [-0.25, -0.2) is 0 Å². The Kier molecular flexibility index (Phi) is 3.69. The zero-order chi connectivity index (χ0) is 20.3. The quantitative estimate of drug-likeness (QED) is 0.276. The van der Waals surface area contributed by atoms with Gasteiger partial charge in [0.2, 0.25) is 0 Å². The second-order valence-corrected chi connectivity index (χ2v) is 10.3. The minimum Gasteiger partial charge on any atom is -0.497 e. The highest BCUT2D eigenvalue weighted by atomic mass is 31.2. The molecule has 1 heterocycles. The molecular weight excluding hydrogens is 387 g/mol. The first-order valence-electron chi connectivity index (χ1n) is 10.0. The molecule has 0 N–H and O–H groups in total. The van der Waals surface area contributed by atoms with E-state index in [4.69, 9.17) is 4.74 Å². The predicted octanol–water partition coefficient (Wildman–Crippen LogP) is 5.62. The molecular formula is C27H19O2P. The molecule has 144 valence electrons. The maximum absolute atomic E-state index is 15.0. The van der Waals surface area contributed by atoms with Crippen molar-refractivity contribution < 1.29 is 9.30 Å². The van der Waals surface area contributed by atoms with Crippen LogP contribution in [0.25, 0.3) is 32.7 Å². The third-order valence-electron chi connectivity index (χ3n) is 6.15. The van der Waals surface area contributed by atoms with Crippen molar-refractivity contribution in [1.29, 1.82) is 0 Å². The van der Waals surface area contributed by atoms with Gasteiger partial charge in [-0.1, -0.05) is 84.9 Å². The lowest BCUT2D eigenvalue weighted by Crippen LogP contribution is -2.21. The van der Waals surface area contributed by atoms with Gasteiger partial charge < -0.3 is 9.30 Å². The van der Waals surface area contributed by atoms with Crippen molar-refractivity contribution in [2.45, 2.75) is 0 Å². The Morgan fingerprint density at radius 2 is 1.37 bits per heavy atom. The van der Waals surface area contributed by atoms with Gasteiger partial charge in [-0.15, -0.1) is 0 Å². The number of benzene rings is 5. The average molecular weight is 406 g/mol. The largest absolute Gasteiger partial charge is 0.497 e. The summed E-state index contributed by atoms with van der Waals surface area (Å²) < 4.78 is 20.5. The van der Waals surface area contributed by atoms with E-state index in [2.05, 4.69) is 30.3 Å². The van der Waals surface area contributed by atoms with Crippen LogP contribution in [0.2, 0.25) is 0 Å².